The number of carbonyl (C=O) groups is 2. The molecule has 9 nitrogen and oxygen atoms in total. The van der Waals surface area contributed by atoms with Gasteiger partial charge in [0.2, 0.25) is 0 Å². The summed E-state index contributed by atoms with van der Waals surface area (Å²) in [6.45, 7) is 1.44. The lowest BCUT2D eigenvalue weighted by atomic mass is 9.99. The van der Waals surface area contributed by atoms with E-state index in [1.807, 2.05) is 29.2 Å². The van der Waals surface area contributed by atoms with Gasteiger partial charge in [-0.15, -0.1) is 6.42 Å². The van der Waals surface area contributed by atoms with Gasteiger partial charge in [0.15, 0.2) is 0 Å². The zero-order valence-corrected chi connectivity index (χ0v) is 18.3. The first-order valence-corrected chi connectivity index (χ1v) is 10.7. The quantitative estimate of drug-likeness (QED) is 0.395. The van der Waals surface area contributed by atoms with Gasteiger partial charge in [0.1, 0.15) is 12.3 Å². The first-order chi connectivity index (χ1) is 15.9. The number of amides is 2. The van der Waals surface area contributed by atoms with Crippen molar-refractivity contribution in [1.82, 2.24) is 4.90 Å². The number of piperidine rings is 1. The fourth-order valence-corrected chi connectivity index (χ4v) is 4.39. The van der Waals surface area contributed by atoms with E-state index < -0.39 is 4.92 Å². The standard InChI is InChI=1S/C24H24N4O5/c1-3-12-25(2)23(29)17-8-9-21(22(15-17)28(31)32)26-13-10-19(11-14-26)27-20-7-5-4-6-18(20)16-33-24(27)30/h1,4-9,15,19H,10-14,16H2,2H3. The van der Waals surface area contributed by atoms with E-state index in [4.69, 9.17) is 11.2 Å². The number of hydrogen-bond donors (Lipinski definition) is 0. The predicted octanol–water partition coefficient (Wildman–Crippen LogP) is 3.43. The molecule has 0 aliphatic carbocycles. The van der Waals surface area contributed by atoms with Gasteiger partial charge in [0.05, 0.1) is 17.2 Å². The number of anilines is 2. The summed E-state index contributed by atoms with van der Waals surface area (Å²) >= 11 is 0. The Balaban J connectivity index is 1.52. The van der Waals surface area contributed by atoms with Gasteiger partial charge < -0.3 is 14.5 Å². The van der Waals surface area contributed by atoms with Gasteiger partial charge in [0, 0.05) is 43.4 Å². The van der Waals surface area contributed by atoms with Crippen LogP contribution in [-0.2, 0) is 11.3 Å². The van der Waals surface area contributed by atoms with Gasteiger partial charge in [-0.3, -0.25) is 19.8 Å². The highest BCUT2D eigenvalue weighted by atomic mass is 16.6. The topological polar surface area (TPSA) is 96.2 Å². The van der Waals surface area contributed by atoms with Crippen molar-refractivity contribution in [1.29, 1.82) is 0 Å². The Hall–Kier alpha value is -4.06. The highest BCUT2D eigenvalue weighted by Crippen LogP contribution is 2.35. The molecular weight excluding hydrogens is 424 g/mol. The van der Waals surface area contributed by atoms with Gasteiger partial charge >= 0.3 is 6.09 Å². The molecule has 0 atom stereocenters. The third kappa shape index (κ3) is 4.32. The number of nitro groups is 1. The largest absolute Gasteiger partial charge is 0.444 e. The monoisotopic (exact) mass is 448 g/mol. The molecule has 0 aromatic heterocycles. The summed E-state index contributed by atoms with van der Waals surface area (Å²) in [6, 6.07) is 12.1. The van der Waals surface area contributed by atoms with Crippen LogP contribution < -0.4 is 9.80 Å². The molecule has 2 amide bonds. The van der Waals surface area contributed by atoms with E-state index in [2.05, 4.69) is 5.92 Å². The van der Waals surface area contributed by atoms with Crippen molar-refractivity contribution in [3.05, 3.63) is 63.7 Å². The number of cyclic esters (lactones) is 1. The molecule has 2 aliphatic heterocycles. The molecule has 170 valence electrons. The fraction of sp³-hybridized carbons (Fsp3) is 0.333. The summed E-state index contributed by atoms with van der Waals surface area (Å²) in [5, 5.41) is 11.8. The maximum Gasteiger partial charge on any atom is 0.414 e. The second kappa shape index (κ2) is 9.20. The van der Waals surface area contributed by atoms with Crippen LogP contribution in [0.4, 0.5) is 21.9 Å². The summed E-state index contributed by atoms with van der Waals surface area (Å²) in [7, 11) is 1.55. The molecule has 9 heteroatoms. The predicted molar refractivity (Wildman–Crippen MR) is 123 cm³/mol. The fourth-order valence-electron chi connectivity index (χ4n) is 4.39. The number of benzene rings is 2. The first kappa shape index (κ1) is 22.1. The third-order valence-corrected chi connectivity index (χ3v) is 6.06. The molecule has 0 saturated carbocycles. The maximum absolute atomic E-state index is 12.5. The second-order valence-electron chi connectivity index (χ2n) is 8.10. The van der Waals surface area contributed by atoms with Crippen molar-refractivity contribution in [3.63, 3.8) is 0 Å². The second-order valence-corrected chi connectivity index (χ2v) is 8.10. The number of carbonyl (C=O) groups excluding carboxylic acids is 2. The van der Waals surface area contributed by atoms with Crippen LogP contribution in [0.2, 0.25) is 0 Å². The molecule has 2 heterocycles. The summed E-state index contributed by atoms with van der Waals surface area (Å²) in [5.41, 5.74) is 2.36. The van der Waals surface area contributed by atoms with Crippen molar-refractivity contribution >= 4 is 29.1 Å². The van der Waals surface area contributed by atoms with Gasteiger partial charge in [-0.1, -0.05) is 24.1 Å². The maximum atomic E-state index is 12.5. The molecule has 1 fully saturated rings. The number of rotatable bonds is 5. The summed E-state index contributed by atoms with van der Waals surface area (Å²) in [5.74, 6) is 2.01. The van der Waals surface area contributed by atoms with E-state index in [-0.39, 0.29) is 42.4 Å². The van der Waals surface area contributed by atoms with Crippen molar-refractivity contribution in [2.75, 3.05) is 36.5 Å². The minimum Gasteiger partial charge on any atom is -0.444 e. The van der Waals surface area contributed by atoms with Crippen LogP contribution >= 0.6 is 0 Å². The van der Waals surface area contributed by atoms with E-state index in [0.29, 0.717) is 31.6 Å². The lowest BCUT2D eigenvalue weighted by Crippen LogP contribution is -2.49. The van der Waals surface area contributed by atoms with Crippen LogP contribution in [0.15, 0.2) is 42.5 Å². The summed E-state index contributed by atoms with van der Waals surface area (Å²) in [4.78, 5) is 41.3. The highest BCUT2D eigenvalue weighted by molar-refractivity contribution is 5.96. The number of hydrogen-bond acceptors (Lipinski definition) is 6. The SMILES string of the molecule is C#CCN(C)C(=O)c1ccc(N2CCC(N3C(=O)OCc4ccccc43)CC2)c([N+](=O)[O-])c1. The number of terminal acetylenes is 1. The van der Waals surface area contributed by atoms with Crippen LogP contribution in [0, 0.1) is 22.5 Å². The van der Waals surface area contributed by atoms with E-state index >= 15 is 0 Å². The van der Waals surface area contributed by atoms with Gasteiger partial charge in [-0.25, -0.2) is 4.79 Å². The van der Waals surface area contributed by atoms with Crippen molar-refractivity contribution in [2.45, 2.75) is 25.5 Å². The van der Waals surface area contributed by atoms with Crippen LogP contribution in [-0.4, -0.2) is 54.5 Å². The first-order valence-electron chi connectivity index (χ1n) is 10.7. The summed E-state index contributed by atoms with van der Waals surface area (Å²) in [6.07, 6.45) is 6.15. The molecule has 2 aromatic carbocycles. The number of ether oxygens (including phenoxy) is 1. The molecule has 33 heavy (non-hydrogen) atoms. The van der Waals surface area contributed by atoms with Crippen LogP contribution in [0.3, 0.4) is 0 Å². The Morgan fingerprint density at radius 1 is 1.24 bits per heavy atom. The molecule has 0 radical (unpaired) electrons. The minimum atomic E-state index is -0.475. The Morgan fingerprint density at radius 2 is 1.97 bits per heavy atom. The minimum absolute atomic E-state index is 0.0625. The lowest BCUT2D eigenvalue weighted by molar-refractivity contribution is -0.384. The molecule has 0 bridgehead atoms. The lowest BCUT2D eigenvalue weighted by Gasteiger charge is -2.40. The Kier molecular flexibility index (Phi) is 6.18. The van der Waals surface area contributed by atoms with Crippen LogP contribution in [0.5, 0.6) is 0 Å². The zero-order chi connectivity index (χ0) is 23.5. The number of nitro benzene ring substituents is 1. The molecule has 0 unspecified atom stereocenters. The highest BCUT2D eigenvalue weighted by Gasteiger charge is 2.35. The molecule has 4 rings (SSSR count). The van der Waals surface area contributed by atoms with Gasteiger partial charge in [-0.2, -0.15) is 0 Å². The van der Waals surface area contributed by atoms with Crippen molar-refractivity contribution < 1.29 is 19.2 Å². The smallest absolute Gasteiger partial charge is 0.414 e. The molecular formula is C24H24N4O5. The Bertz CT molecular complexity index is 1130. The number of fused-ring (bicyclic) bond motifs is 1. The van der Waals surface area contributed by atoms with E-state index in [9.17, 15) is 19.7 Å². The van der Waals surface area contributed by atoms with Crippen molar-refractivity contribution in [2.24, 2.45) is 0 Å². The number of nitrogens with zero attached hydrogens (tertiary/aromatic N) is 4. The molecule has 2 aromatic rings. The Morgan fingerprint density at radius 3 is 2.67 bits per heavy atom. The average molecular weight is 448 g/mol. The van der Waals surface area contributed by atoms with Crippen LogP contribution in [0.25, 0.3) is 0 Å². The van der Waals surface area contributed by atoms with E-state index in [1.165, 1.54) is 11.0 Å². The normalized spacial score (nSPS) is 15.9. The molecule has 0 N–H and O–H groups in total. The van der Waals surface area contributed by atoms with Gasteiger partial charge in [-0.05, 0) is 31.0 Å². The van der Waals surface area contributed by atoms with Crippen molar-refractivity contribution in [3.8, 4) is 12.3 Å². The molecule has 2 aliphatic rings. The molecule has 0 spiro atoms. The summed E-state index contributed by atoms with van der Waals surface area (Å²) < 4.78 is 5.34. The Labute approximate surface area is 191 Å². The molecule has 1 saturated heterocycles. The average Bonchev–Trinajstić information content (AvgIpc) is 2.83. The van der Waals surface area contributed by atoms with Crippen LogP contribution in [0.1, 0.15) is 28.8 Å². The van der Waals surface area contributed by atoms with E-state index in [0.717, 1.165) is 11.3 Å². The number of para-hydroxylation sites is 1. The van der Waals surface area contributed by atoms with E-state index in [1.54, 1.807) is 24.1 Å². The zero-order valence-electron chi connectivity index (χ0n) is 18.3. The van der Waals surface area contributed by atoms with Gasteiger partial charge in [0.25, 0.3) is 11.6 Å². The third-order valence-electron chi connectivity index (χ3n) is 6.06.